The Morgan fingerprint density at radius 1 is 0.914 bits per heavy atom. The Morgan fingerprint density at radius 3 is 2.26 bits per heavy atom. The zero-order valence-corrected chi connectivity index (χ0v) is 20.5. The van der Waals surface area contributed by atoms with Gasteiger partial charge in [0, 0.05) is 42.8 Å². The number of pyridine rings is 1. The average molecular weight is 468 g/mol. The molecule has 1 aliphatic rings. The Balaban J connectivity index is 1.48. The molecule has 5 heteroatoms. The van der Waals surface area contributed by atoms with Gasteiger partial charge in [0.2, 0.25) is 0 Å². The van der Waals surface area contributed by atoms with Crippen LogP contribution in [0.5, 0.6) is 0 Å². The maximum Gasteiger partial charge on any atom is 0.254 e. The van der Waals surface area contributed by atoms with E-state index in [0.717, 1.165) is 45.4 Å². The van der Waals surface area contributed by atoms with E-state index in [9.17, 15) is 9.18 Å². The lowest BCUT2D eigenvalue weighted by molar-refractivity contribution is 0.0748. The van der Waals surface area contributed by atoms with Crippen molar-refractivity contribution in [2.45, 2.75) is 27.2 Å². The molecule has 0 atom stereocenters. The third-order valence-corrected chi connectivity index (χ3v) is 7.15. The number of carbonyl (C=O) groups is 1. The molecule has 5 rings (SSSR count). The van der Waals surface area contributed by atoms with Crippen LogP contribution in [0.25, 0.3) is 22.2 Å². The Morgan fingerprint density at radius 2 is 1.60 bits per heavy atom. The molecule has 35 heavy (non-hydrogen) atoms. The molecule has 1 amide bonds. The molecule has 0 spiro atoms. The summed E-state index contributed by atoms with van der Waals surface area (Å²) < 4.78 is 13.3. The van der Waals surface area contributed by atoms with Crippen molar-refractivity contribution < 1.29 is 9.18 Å². The number of piperazine rings is 1. The molecule has 0 saturated carbocycles. The number of anilines is 1. The summed E-state index contributed by atoms with van der Waals surface area (Å²) in [6.07, 6.45) is 0.983. The Labute approximate surface area is 206 Å². The fraction of sp³-hybridized carbons (Fsp3) is 0.267. The van der Waals surface area contributed by atoms with E-state index in [1.54, 1.807) is 12.1 Å². The summed E-state index contributed by atoms with van der Waals surface area (Å²) >= 11 is 0. The van der Waals surface area contributed by atoms with E-state index in [2.05, 4.69) is 56.0 Å². The SMILES string of the molecule is CCc1ccc(-c2cc(C(=O)N3CCN(c4ccc(F)cc4)CC3)c3ccc(C)c(C)c3n2)cc1. The molecular weight excluding hydrogens is 437 g/mol. The Kier molecular flexibility index (Phi) is 6.25. The lowest BCUT2D eigenvalue weighted by Crippen LogP contribution is -2.48. The fourth-order valence-corrected chi connectivity index (χ4v) is 4.76. The molecule has 0 aliphatic carbocycles. The molecule has 0 unspecified atom stereocenters. The van der Waals surface area contributed by atoms with Crippen LogP contribution in [-0.2, 0) is 6.42 Å². The number of amides is 1. The second kappa shape index (κ2) is 9.49. The van der Waals surface area contributed by atoms with Crippen LogP contribution in [0.2, 0.25) is 0 Å². The van der Waals surface area contributed by atoms with E-state index in [1.165, 1.54) is 17.7 Å². The summed E-state index contributed by atoms with van der Waals surface area (Å²) in [6, 6.07) is 21.0. The van der Waals surface area contributed by atoms with Gasteiger partial charge in [-0.15, -0.1) is 0 Å². The average Bonchev–Trinajstić information content (AvgIpc) is 2.90. The van der Waals surface area contributed by atoms with Crippen molar-refractivity contribution in [1.82, 2.24) is 9.88 Å². The summed E-state index contributed by atoms with van der Waals surface area (Å²) in [4.78, 5) is 22.9. The number of halogens is 1. The van der Waals surface area contributed by atoms with Crippen LogP contribution in [0.1, 0.15) is 34.0 Å². The highest BCUT2D eigenvalue weighted by atomic mass is 19.1. The van der Waals surface area contributed by atoms with Crippen molar-refractivity contribution in [3.8, 4) is 11.3 Å². The van der Waals surface area contributed by atoms with Gasteiger partial charge in [0.25, 0.3) is 5.91 Å². The third-order valence-electron chi connectivity index (χ3n) is 7.15. The second-order valence-corrected chi connectivity index (χ2v) is 9.26. The predicted octanol–water partition coefficient (Wildman–Crippen LogP) is 6.18. The minimum absolute atomic E-state index is 0.0332. The van der Waals surface area contributed by atoms with Crippen LogP contribution >= 0.6 is 0 Å². The predicted molar refractivity (Wildman–Crippen MR) is 141 cm³/mol. The first kappa shape index (κ1) is 23.0. The van der Waals surface area contributed by atoms with Crippen molar-refractivity contribution in [3.63, 3.8) is 0 Å². The number of hydrogen-bond donors (Lipinski definition) is 0. The zero-order valence-electron chi connectivity index (χ0n) is 20.5. The van der Waals surface area contributed by atoms with Crippen LogP contribution in [0.4, 0.5) is 10.1 Å². The van der Waals surface area contributed by atoms with Gasteiger partial charge in [-0.3, -0.25) is 4.79 Å². The number of rotatable bonds is 4. The van der Waals surface area contributed by atoms with Gasteiger partial charge in [0.15, 0.2) is 0 Å². The van der Waals surface area contributed by atoms with Gasteiger partial charge < -0.3 is 9.80 Å². The third kappa shape index (κ3) is 4.51. The monoisotopic (exact) mass is 467 g/mol. The standard InChI is InChI=1S/C30H30FN3O/c1-4-22-6-8-23(9-7-22)28-19-27(26-14-5-20(2)21(3)29(26)32-28)30(35)34-17-15-33(16-18-34)25-12-10-24(31)11-13-25/h5-14,19H,4,15-18H2,1-3H3. The summed E-state index contributed by atoms with van der Waals surface area (Å²) in [5, 5.41) is 0.896. The molecule has 4 nitrogen and oxygen atoms in total. The van der Waals surface area contributed by atoms with Gasteiger partial charge in [-0.2, -0.15) is 0 Å². The highest BCUT2D eigenvalue weighted by Crippen LogP contribution is 2.30. The first-order valence-electron chi connectivity index (χ1n) is 12.2. The quantitative estimate of drug-likeness (QED) is 0.359. The highest BCUT2D eigenvalue weighted by Gasteiger charge is 2.25. The Hall–Kier alpha value is -3.73. The van der Waals surface area contributed by atoms with E-state index in [0.29, 0.717) is 31.7 Å². The van der Waals surface area contributed by atoms with Gasteiger partial charge in [-0.1, -0.05) is 43.3 Å². The minimum Gasteiger partial charge on any atom is -0.368 e. The molecule has 4 aromatic rings. The molecule has 0 bridgehead atoms. The van der Waals surface area contributed by atoms with Gasteiger partial charge in [-0.25, -0.2) is 9.37 Å². The molecule has 0 radical (unpaired) electrons. The second-order valence-electron chi connectivity index (χ2n) is 9.26. The van der Waals surface area contributed by atoms with Crippen molar-refractivity contribution in [2.24, 2.45) is 0 Å². The van der Waals surface area contributed by atoms with Crippen LogP contribution in [0.15, 0.2) is 66.7 Å². The van der Waals surface area contributed by atoms with Gasteiger partial charge in [-0.05, 0) is 67.3 Å². The highest BCUT2D eigenvalue weighted by molar-refractivity contribution is 6.08. The largest absolute Gasteiger partial charge is 0.368 e. The summed E-state index contributed by atoms with van der Waals surface area (Å²) in [6.45, 7) is 8.95. The maximum absolute atomic E-state index is 13.8. The smallest absolute Gasteiger partial charge is 0.254 e. The summed E-state index contributed by atoms with van der Waals surface area (Å²) in [5.74, 6) is -0.205. The van der Waals surface area contributed by atoms with E-state index in [4.69, 9.17) is 4.98 Å². The molecule has 2 heterocycles. The minimum atomic E-state index is -0.238. The molecule has 1 aliphatic heterocycles. The van der Waals surface area contributed by atoms with Crippen molar-refractivity contribution >= 4 is 22.5 Å². The number of hydrogen-bond acceptors (Lipinski definition) is 3. The lowest BCUT2D eigenvalue weighted by atomic mass is 9.98. The molecular formula is C30H30FN3O. The zero-order chi connectivity index (χ0) is 24.5. The molecule has 1 saturated heterocycles. The number of benzene rings is 3. The molecule has 178 valence electrons. The van der Waals surface area contributed by atoms with E-state index in [-0.39, 0.29) is 11.7 Å². The van der Waals surface area contributed by atoms with Crippen molar-refractivity contribution in [2.75, 3.05) is 31.1 Å². The number of fused-ring (bicyclic) bond motifs is 1. The topological polar surface area (TPSA) is 36.4 Å². The lowest BCUT2D eigenvalue weighted by Gasteiger charge is -2.36. The molecule has 3 aromatic carbocycles. The van der Waals surface area contributed by atoms with Gasteiger partial charge in [0.1, 0.15) is 5.82 Å². The van der Waals surface area contributed by atoms with Crippen LogP contribution in [0.3, 0.4) is 0 Å². The number of nitrogens with zero attached hydrogens (tertiary/aromatic N) is 3. The Bertz CT molecular complexity index is 1370. The maximum atomic E-state index is 13.8. The first-order valence-corrected chi connectivity index (χ1v) is 12.2. The van der Waals surface area contributed by atoms with Crippen molar-refractivity contribution in [3.05, 3.63) is 94.8 Å². The molecule has 1 fully saturated rings. The van der Waals surface area contributed by atoms with Crippen molar-refractivity contribution in [1.29, 1.82) is 0 Å². The van der Waals surface area contributed by atoms with Crippen LogP contribution < -0.4 is 4.90 Å². The summed E-state index contributed by atoms with van der Waals surface area (Å²) in [5.41, 5.74) is 7.94. The van der Waals surface area contributed by atoms with E-state index < -0.39 is 0 Å². The molecule has 1 aromatic heterocycles. The van der Waals surface area contributed by atoms with E-state index in [1.807, 2.05) is 17.0 Å². The van der Waals surface area contributed by atoms with Gasteiger partial charge in [0.05, 0.1) is 16.8 Å². The first-order chi connectivity index (χ1) is 16.9. The normalized spacial score (nSPS) is 13.9. The number of carbonyl (C=O) groups excluding carboxylic acids is 1. The number of aryl methyl sites for hydroxylation is 3. The van der Waals surface area contributed by atoms with Crippen LogP contribution in [-0.4, -0.2) is 42.0 Å². The number of aromatic nitrogens is 1. The van der Waals surface area contributed by atoms with Gasteiger partial charge >= 0.3 is 0 Å². The van der Waals surface area contributed by atoms with E-state index >= 15 is 0 Å². The van der Waals surface area contributed by atoms with Crippen LogP contribution in [0, 0.1) is 19.7 Å². The summed E-state index contributed by atoms with van der Waals surface area (Å²) in [7, 11) is 0. The molecule has 0 N–H and O–H groups in total. The fourth-order valence-electron chi connectivity index (χ4n) is 4.76.